The summed E-state index contributed by atoms with van der Waals surface area (Å²) in [5.74, 6) is 0. The van der Waals surface area contributed by atoms with Crippen LogP contribution in [0.2, 0.25) is 0 Å². The molecule has 0 heterocycles. The minimum Gasteiger partial charge on any atom is -0.283 e. The fourth-order valence-electron chi connectivity index (χ4n) is 2.45. The summed E-state index contributed by atoms with van der Waals surface area (Å²) < 4.78 is 54.3. The van der Waals surface area contributed by atoms with Gasteiger partial charge >= 0.3 is 0 Å². The van der Waals surface area contributed by atoms with Gasteiger partial charge in [-0.2, -0.15) is 0 Å². The van der Waals surface area contributed by atoms with Crippen LogP contribution < -0.4 is 9.44 Å². The van der Waals surface area contributed by atoms with Crippen LogP contribution in [-0.2, 0) is 20.0 Å². The van der Waals surface area contributed by atoms with Crippen molar-refractivity contribution in [3.05, 3.63) is 23.3 Å². The van der Waals surface area contributed by atoms with Crippen LogP contribution in [0.1, 0.15) is 36.8 Å². The predicted octanol–water partition coefficient (Wildman–Crippen LogP) is 1.65. The Kier molecular flexibility index (Phi) is 3.73. The van der Waals surface area contributed by atoms with E-state index in [2.05, 4.69) is 9.44 Å². The van der Waals surface area contributed by atoms with Gasteiger partial charge in [0.1, 0.15) is 0 Å². The highest BCUT2D eigenvalue weighted by molar-refractivity contribution is 7.93. The summed E-state index contributed by atoms with van der Waals surface area (Å²) in [5, 5.41) is -0.349. The van der Waals surface area contributed by atoms with E-state index in [1.807, 2.05) is 0 Å². The summed E-state index contributed by atoms with van der Waals surface area (Å²) in [6.45, 7) is 3.35. The van der Waals surface area contributed by atoms with Crippen molar-refractivity contribution < 1.29 is 16.8 Å². The summed E-state index contributed by atoms with van der Waals surface area (Å²) in [4.78, 5) is 0.176. The third-order valence-electron chi connectivity index (χ3n) is 3.99. The lowest BCUT2D eigenvalue weighted by atomic mass is 10.1. The Balaban J connectivity index is 1.98. The van der Waals surface area contributed by atoms with E-state index in [0.717, 1.165) is 12.8 Å². The smallest absolute Gasteiger partial charge is 0.241 e. The van der Waals surface area contributed by atoms with Crippen LogP contribution in [0.4, 0.5) is 5.69 Å². The molecule has 0 aromatic heterocycles. The van der Waals surface area contributed by atoms with Gasteiger partial charge in [-0.1, -0.05) is 6.07 Å². The van der Waals surface area contributed by atoms with E-state index in [0.29, 0.717) is 29.7 Å². The maximum atomic E-state index is 12.5. The minimum absolute atomic E-state index is 0.00983. The lowest BCUT2D eigenvalue weighted by molar-refractivity contribution is 0.579. The molecule has 6 nitrogen and oxygen atoms in total. The van der Waals surface area contributed by atoms with E-state index in [1.165, 1.54) is 0 Å². The molecule has 0 amide bonds. The Labute approximate surface area is 131 Å². The summed E-state index contributed by atoms with van der Waals surface area (Å²) >= 11 is 0. The molecule has 0 saturated heterocycles. The van der Waals surface area contributed by atoms with Gasteiger partial charge in [-0.25, -0.2) is 21.6 Å². The topological polar surface area (TPSA) is 92.3 Å². The number of benzene rings is 1. The average molecular weight is 344 g/mol. The van der Waals surface area contributed by atoms with Crippen LogP contribution in [0.5, 0.6) is 0 Å². The molecule has 22 heavy (non-hydrogen) atoms. The molecule has 0 aliphatic heterocycles. The zero-order chi connectivity index (χ0) is 16.1. The molecule has 2 fully saturated rings. The summed E-state index contributed by atoms with van der Waals surface area (Å²) in [5.41, 5.74) is 1.39. The monoisotopic (exact) mass is 344 g/mol. The molecular weight excluding hydrogens is 324 g/mol. The molecule has 8 heteroatoms. The van der Waals surface area contributed by atoms with Gasteiger partial charge in [-0.15, -0.1) is 0 Å². The molecule has 0 atom stereocenters. The Morgan fingerprint density at radius 3 is 2.18 bits per heavy atom. The Morgan fingerprint density at radius 2 is 1.64 bits per heavy atom. The van der Waals surface area contributed by atoms with Gasteiger partial charge in [0.2, 0.25) is 20.0 Å². The van der Waals surface area contributed by atoms with Crippen LogP contribution >= 0.6 is 0 Å². The first kappa shape index (κ1) is 15.8. The summed E-state index contributed by atoms with van der Waals surface area (Å²) in [7, 11) is -7.04. The van der Waals surface area contributed by atoms with Gasteiger partial charge < -0.3 is 0 Å². The first-order valence-electron chi connectivity index (χ1n) is 7.35. The highest BCUT2D eigenvalue weighted by Gasteiger charge is 2.36. The fraction of sp³-hybridized carbons (Fsp3) is 0.571. The van der Waals surface area contributed by atoms with Crippen LogP contribution in [-0.4, -0.2) is 28.1 Å². The summed E-state index contributed by atoms with van der Waals surface area (Å²) in [6, 6.07) is 3.27. The van der Waals surface area contributed by atoms with E-state index in [4.69, 9.17) is 0 Å². The maximum absolute atomic E-state index is 12.5. The van der Waals surface area contributed by atoms with E-state index in [-0.39, 0.29) is 16.2 Å². The highest BCUT2D eigenvalue weighted by Crippen LogP contribution is 2.33. The number of anilines is 1. The third-order valence-corrected chi connectivity index (χ3v) is 7.65. The van der Waals surface area contributed by atoms with Crippen molar-refractivity contribution in [1.29, 1.82) is 0 Å². The van der Waals surface area contributed by atoms with Crippen LogP contribution in [0.15, 0.2) is 17.0 Å². The Bertz CT molecular complexity index is 807. The predicted molar refractivity (Wildman–Crippen MR) is 84.8 cm³/mol. The van der Waals surface area contributed by atoms with E-state index < -0.39 is 20.0 Å². The normalized spacial score (nSPS) is 19.2. The van der Waals surface area contributed by atoms with Gasteiger partial charge in [0.25, 0.3) is 0 Å². The van der Waals surface area contributed by atoms with Crippen molar-refractivity contribution in [1.82, 2.24) is 4.72 Å². The van der Waals surface area contributed by atoms with Crippen molar-refractivity contribution >= 4 is 25.7 Å². The lowest BCUT2D eigenvalue weighted by Gasteiger charge is -2.16. The molecule has 0 spiro atoms. The van der Waals surface area contributed by atoms with Crippen molar-refractivity contribution in [3.8, 4) is 0 Å². The lowest BCUT2D eigenvalue weighted by Crippen LogP contribution is -2.27. The van der Waals surface area contributed by atoms with Gasteiger partial charge in [-0.3, -0.25) is 4.72 Å². The Hall–Kier alpha value is -1.12. The standard InChI is InChI=1S/C14H20N2O4S2/c1-9-3-8-13(16-21(17,18)12-6-7-12)10(2)14(9)22(19,20)15-11-4-5-11/h3,8,11-12,15-16H,4-7H2,1-2H3. The first-order valence-corrected chi connectivity index (χ1v) is 10.4. The molecule has 0 radical (unpaired) electrons. The second-order valence-corrected chi connectivity index (χ2v) is 9.74. The second kappa shape index (κ2) is 5.21. The average Bonchev–Trinajstić information content (AvgIpc) is 3.22. The van der Waals surface area contributed by atoms with Gasteiger partial charge in [0.05, 0.1) is 15.8 Å². The van der Waals surface area contributed by atoms with E-state index >= 15 is 0 Å². The molecule has 2 aliphatic rings. The SMILES string of the molecule is Cc1ccc(NS(=O)(=O)C2CC2)c(C)c1S(=O)(=O)NC1CC1. The maximum Gasteiger partial charge on any atom is 0.241 e. The molecule has 2 N–H and O–H groups in total. The molecule has 3 rings (SSSR count). The van der Waals surface area contributed by atoms with Crippen molar-refractivity contribution in [2.45, 2.75) is 55.7 Å². The fourth-order valence-corrected chi connectivity index (χ4v) is 5.69. The first-order chi connectivity index (χ1) is 10.2. The van der Waals surface area contributed by atoms with Crippen LogP contribution in [0.25, 0.3) is 0 Å². The number of sulfonamides is 2. The molecule has 2 aliphatic carbocycles. The van der Waals surface area contributed by atoms with Crippen molar-refractivity contribution in [3.63, 3.8) is 0 Å². The molecule has 2 saturated carbocycles. The molecule has 1 aromatic rings. The van der Waals surface area contributed by atoms with E-state index in [9.17, 15) is 16.8 Å². The van der Waals surface area contributed by atoms with Crippen molar-refractivity contribution in [2.24, 2.45) is 0 Å². The van der Waals surface area contributed by atoms with Crippen LogP contribution in [0, 0.1) is 13.8 Å². The number of nitrogens with one attached hydrogen (secondary N) is 2. The number of aryl methyl sites for hydroxylation is 1. The summed E-state index contributed by atoms with van der Waals surface area (Å²) in [6.07, 6.45) is 3.03. The molecule has 122 valence electrons. The number of rotatable bonds is 6. The van der Waals surface area contributed by atoms with Gasteiger partial charge in [0.15, 0.2) is 0 Å². The van der Waals surface area contributed by atoms with Gasteiger partial charge in [0, 0.05) is 6.04 Å². The van der Waals surface area contributed by atoms with Crippen LogP contribution in [0.3, 0.4) is 0 Å². The largest absolute Gasteiger partial charge is 0.283 e. The Morgan fingerprint density at radius 1 is 1.00 bits per heavy atom. The quantitative estimate of drug-likeness (QED) is 0.821. The minimum atomic E-state index is -3.63. The zero-order valence-corrected chi connectivity index (χ0v) is 14.2. The highest BCUT2D eigenvalue weighted by atomic mass is 32.2. The molecular formula is C14H20N2O4S2. The number of hydrogen-bond acceptors (Lipinski definition) is 4. The molecule has 0 bridgehead atoms. The number of hydrogen-bond donors (Lipinski definition) is 2. The zero-order valence-electron chi connectivity index (χ0n) is 12.6. The van der Waals surface area contributed by atoms with Crippen molar-refractivity contribution in [2.75, 3.05) is 4.72 Å². The molecule has 1 aromatic carbocycles. The van der Waals surface area contributed by atoms with Gasteiger partial charge in [-0.05, 0) is 56.7 Å². The third kappa shape index (κ3) is 3.13. The van der Waals surface area contributed by atoms with E-state index in [1.54, 1.807) is 26.0 Å². The molecule has 0 unspecified atom stereocenters. The second-order valence-electron chi connectivity index (χ2n) is 6.13.